The van der Waals surface area contributed by atoms with Crippen molar-refractivity contribution in [3.8, 4) is 0 Å². The predicted octanol–water partition coefficient (Wildman–Crippen LogP) is 3.57. The fourth-order valence-corrected chi connectivity index (χ4v) is 1.90. The normalized spacial score (nSPS) is 10.8. The molecule has 3 aromatic rings. The average molecular weight is 307 g/mol. The van der Waals surface area contributed by atoms with Crippen molar-refractivity contribution in [1.82, 2.24) is 15.0 Å². The van der Waals surface area contributed by atoms with Crippen LogP contribution in [-0.2, 0) is 6.54 Å². The van der Waals surface area contributed by atoms with Gasteiger partial charge in [-0.2, -0.15) is 0 Å². The van der Waals surface area contributed by atoms with Gasteiger partial charge in [-0.15, -0.1) is 0 Å². The van der Waals surface area contributed by atoms with Crippen LogP contribution in [0.4, 0.5) is 14.6 Å². The third-order valence-electron chi connectivity index (χ3n) is 2.82. The molecule has 0 aliphatic heterocycles. The number of benzene rings is 1. The highest BCUT2D eigenvalue weighted by Gasteiger charge is 2.07. The van der Waals surface area contributed by atoms with Crippen molar-refractivity contribution in [2.45, 2.75) is 6.54 Å². The lowest BCUT2D eigenvalue weighted by molar-refractivity contribution is 0.510. The van der Waals surface area contributed by atoms with Crippen LogP contribution in [-0.4, -0.2) is 15.0 Å². The zero-order valence-electron chi connectivity index (χ0n) is 10.6. The minimum Gasteiger partial charge on any atom is -0.363 e. The van der Waals surface area contributed by atoms with E-state index < -0.39 is 11.6 Å². The van der Waals surface area contributed by atoms with E-state index in [9.17, 15) is 8.78 Å². The lowest BCUT2D eigenvalue weighted by Gasteiger charge is -2.06. The van der Waals surface area contributed by atoms with Crippen LogP contribution in [0.2, 0.25) is 5.02 Å². The van der Waals surface area contributed by atoms with Crippen LogP contribution in [0.1, 0.15) is 5.69 Å². The van der Waals surface area contributed by atoms with E-state index in [2.05, 4.69) is 20.3 Å². The Balaban J connectivity index is 1.81. The van der Waals surface area contributed by atoms with Gasteiger partial charge in [-0.25, -0.2) is 13.8 Å². The second-order valence-electron chi connectivity index (χ2n) is 4.33. The Morgan fingerprint density at radius 1 is 1.00 bits per heavy atom. The van der Waals surface area contributed by atoms with Crippen LogP contribution in [0.3, 0.4) is 0 Å². The summed E-state index contributed by atoms with van der Waals surface area (Å²) in [6, 6.07) is 5.54. The lowest BCUT2D eigenvalue weighted by Crippen LogP contribution is -2.04. The van der Waals surface area contributed by atoms with E-state index in [0.29, 0.717) is 22.9 Å². The molecule has 0 saturated heterocycles. The molecule has 2 aromatic heterocycles. The van der Waals surface area contributed by atoms with E-state index in [-0.39, 0.29) is 5.52 Å². The maximum atomic E-state index is 13.2. The number of rotatable bonds is 3. The molecule has 21 heavy (non-hydrogen) atoms. The van der Waals surface area contributed by atoms with Gasteiger partial charge in [0.2, 0.25) is 0 Å². The summed E-state index contributed by atoms with van der Waals surface area (Å²) >= 11 is 5.75. The zero-order valence-corrected chi connectivity index (χ0v) is 11.4. The van der Waals surface area contributed by atoms with Crippen LogP contribution < -0.4 is 5.32 Å². The maximum Gasteiger partial charge on any atom is 0.161 e. The van der Waals surface area contributed by atoms with Crippen molar-refractivity contribution in [2.24, 2.45) is 0 Å². The SMILES string of the molecule is Fc1cc2ncc(NCc3ccc(Cl)cn3)nc2cc1F. The third kappa shape index (κ3) is 3.05. The molecule has 0 atom stereocenters. The Hall–Kier alpha value is -2.34. The lowest BCUT2D eigenvalue weighted by atomic mass is 10.3. The first-order valence-corrected chi connectivity index (χ1v) is 6.46. The molecule has 4 nitrogen and oxygen atoms in total. The molecule has 0 saturated carbocycles. The molecule has 1 N–H and O–H groups in total. The Labute approximate surface area is 123 Å². The highest BCUT2D eigenvalue weighted by atomic mass is 35.5. The van der Waals surface area contributed by atoms with Crippen LogP contribution >= 0.6 is 11.6 Å². The number of hydrogen-bond acceptors (Lipinski definition) is 4. The fourth-order valence-electron chi connectivity index (χ4n) is 1.79. The summed E-state index contributed by atoms with van der Waals surface area (Å²) in [7, 11) is 0. The molecule has 7 heteroatoms. The van der Waals surface area contributed by atoms with Gasteiger partial charge in [-0.1, -0.05) is 11.6 Å². The molecule has 0 aliphatic carbocycles. The molecule has 1 aromatic carbocycles. The fraction of sp³-hybridized carbons (Fsp3) is 0.0714. The van der Waals surface area contributed by atoms with Crippen molar-refractivity contribution in [1.29, 1.82) is 0 Å². The summed E-state index contributed by atoms with van der Waals surface area (Å²) in [6.45, 7) is 0.418. The highest BCUT2D eigenvalue weighted by Crippen LogP contribution is 2.17. The van der Waals surface area contributed by atoms with E-state index in [1.54, 1.807) is 18.3 Å². The molecule has 0 aliphatic rings. The average Bonchev–Trinajstić information content (AvgIpc) is 2.48. The molecule has 0 radical (unpaired) electrons. The van der Waals surface area contributed by atoms with Crippen molar-refractivity contribution in [3.05, 3.63) is 59.0 Å². The predicted molar refractivity (Wildman–Crippen MR) is 76.0 cm³/mol. The van der Waals surface area contributed by atoms with Crippen LogP contribution in [0.15, 0.2) is 36.7 Å². The first-order valence-electron chi connectivity index (χ1n) is 6.08. The van der Waals surface area contributed by atoms with Gasteiger partial charge in [0.1, 0.15) is 5.82 Å². The van der Waals surface area contributed by atoms with E-state index in [4.69, 9.17) is 11.6 Å². The summed E-state index contributed by atoms with van der Waals surface area (Å²) in [5.41, 5.74) is 1.35. The minimum absolute atomic E-state index is 0.281. The van der Waals surface area contributed by atoms with Gasteiger partial charge < -0.3 is 5.32 Å². The van der Waals surface area contributed by atoms with Crippen molar-refractivity contribution >= 4 is 28.5 Å². The number of halogens is 3. The Kier molecular flexibility index (Phi) is 3.62. The highest BCUT2D eigenvalue weighted by molar-refractivity contribution is 6.30. The van der Waals surface area contributed by atoms with E-state index >= 15 is 0 Å². The van der Waals surface area contributed by atoms with E-state index in [1.165, 1.54) is 6.20 Å². The van der Waals surface area contributed by atoms with Crippen molar-refractivity contribution in [3.63, 3.8) is 0 Å². The Morgan fingerprint density at radius 2 is 1.76 bits per heavy atom. The van der Waals surface area contributed by atoms with Crippen molar-refractivity contribution in [2.75, 3.05) is 5.32 Å². The van der Waals surface area contributed by atoms with Gasteiger partial charge in [-0.05, 0) is 12.1 Å². The summed E-state index contributed by atoms with van der Waals surface area (Å²) in [5.74, 6) is -1.44. The summed E-state index contributed by atoms with van der Waals surface area (Å²) in [6.07, 6.45) is 3.00. The van der Waals surface area contributed by atoms with Gasteiger partial charge in [-0.3, -0.25) is 9.97 Å². The number of nitrogens with one attached hydrogen (secondary N) is 1. The molecular formula is C14H9ClF2N4. The third-order valence-corrected chi connectivity index (χ3v) is 3.05. The molecule has 0 amide bonds. The molecule has 3 rings (SSSR count). The van der Waals surface area contributed by atoms with Gasteiger partial charge in [0.05, 0.1) is 34.5 Å². The van der Waals surface area contributed by atoms with Gasteiger partial charge in [0.25, 0.3) is 0 Å². The molecule has 0 bridgehead atoms. The summed E-state index contributed by atoms with van der Waals surface area (Å²) < 4.78 is 26.3. The quantitative estimate of drug-likeness (QED) is 0.803. The molecular weight excluding hydrogens is 298 g/mol. The molecule has 0 fully saturated rings. The minimum atomic E-state index is -0.951. The number of pyridine rings is 1. The second kappa shape index (κ2) is 5.57. The maximum absolute atomic E-state index is 13.2. The van der Waals surface area contributed by atoms with Crippen LogP contribution in [0, 0.1) is 11.6 Å². The number of aromatic nitrogens is 3. The Morgan fingerprint density at radius 3 is 2.48 bits per heavy atom. The largest absolute Gasteiger partial charge is 0.363 e. The number of anilines is 1. The van der Waals surface area contributed by atoms with Crippen LogP contribution in [0.5, 0.6) is 0 Å². The summed E-state index contributed by atoms with van der Waals surface area (Å²) in [5, 5.41) is 3.57. The van der Waals surface area contributed by atoms with E-state index in [1.807, 2.05) is 0 Å². The second-order valence-corrected chi connectivity index (χ2v) is 4.77. The molecule has 0 spiro atoms. The van der Waals surface area contributed by atoms with Gasteiger partial charge in [0, 0.05) is 18.3 Å². The van der Waals surface area contributed by atoms with Crippen LogP contribution in [0.25, 0.3) is 11.0 Å². The first-order chi connectivity index (χ1) is 10.1. The Bertz CT molecular complexity index is 793. The zero-order chi connectivity index (χ0) is 14.8. The van der Waals surface area contributed by atoms with Gasteiger partial charge in [0.15, 0.2) is 11.6 Å². The standard InChI is InChI=1S/C14H9ClF2N4/c15-8-1-2-9(18-5-8)6-20-14-7-19-12-3-10(16)11(17)4-13(12)21-14/h1-5,7H,6H2,(H,20,21). The smallest absolute Gasteiger partial charge is 0.161 e. The topological polar surface area (TPSA) is 50.7 Å². The van der Waals surface area contributed by atoms with Gasteiger partial charge >= 0.3 is 0 Å². The molecule has 2 heterocycles. The monoisotopic (exact) mass is 306 g/mol. The van der Waals surface area contributed by atoms with E-state index in [0.717, 1.165) is 17.8 Å². The number of fused-ring (bicyclic) bond motifs is 1. The molecule has 106 valence electrons. The summed E-state index contributed by atoms with van der Waals surface area (Å²) in [4.78, 5) is 12.3. The first kappa shape index (κ1) is 13.6. The number of nitrogens with zero attached hydrogens (tertiary/aromatic N) is 3. The molecule has 0 unspecified atom stereocenters. The number of hydrogen-bond donors (Lipinski definition) is 1. The van der Waals surface area contributed by atoms with Crippen molar-refractivity contribution < 1.29 is 8.78 Å².